The van der Waals surface area contributed by atoms with Gasteiger partial charge < -0.3 is 10.4 Å². The summed E-state index contributed by atoms with van der Waals surface area (Å²) in [7, 11) is -3.97. The standard InChI is InChI=1S/C22H21ClN2O5S3/c1-13-16-12-15(23)7-8-18(16)32-22(13)33(29,30)25-9-10-31-20(25)19(26)24-17(21(27)28)11-14-5-3-2-4-6-14/h2-8,12,17,20H,9-11H2,1H3,(H,24,26)(H,27,28)/t17-,20?/m0/s1. The van der Waals surface area contributed by atoms with Gasteiger partial charge in [-0.1, -0.05) is 41.9 Å². The van der Waals surface area contributed by atoms with Gasteiger partial charge >= 0.3 is 5.97 Å². The van der Waals surface area contributed by atoms with Gasteiger partial charge in [-0.25, -0.2) is 13.2 Å². The van der Waals surface area contributed by atoms with Crippen LogP contribution >= 0.6 is 34.7 Å². The number of hydrogen-bond donors (Lipinski definition) is 2. The van der Waals surface area contributed by atoms with Gasteiger partial charge in [0, 0.05) is 28.4 Å². The van der Waals surface area contributed by atoms with E-state index in [1.54, 1.807) is 49.4 Å². The fourth-order valence-corrected chi connectivity index (χ4v) is 8.84. The van der Waals surface area contributed by atoms with Gasteiger partial charge in [0.2, 0.25) is 5.91 Å². The predicted octanol–water partition coefficient (Wildman–Crippen LogP) is 3.74. The van der Waals surface area contributed by atoms with E-state index in [0.29, 0.717) is 16.3 Å². The van der Waals surface area contributed by atoms with Crippen molar-refractivity contribution >= 4 is 66.7 Å². The number of halogens is 1. The van der Waals surface area contributed by atoms with Gasteiger partial charge in [0.15, 0.2) is 0 Å². The molecule has 11 heteroatoms. The zero-order chi connectivity index (χ0) is 23.8. The summed E-state index contributed by atoms with van der Waals surface area (Å²) >= 11 is 8.40. The number of hydrogen-bond acceptors (Lipinski definition) is 6. The van der Waals surface area contributed by atoms with Crippen LogP contribution in [0.5, 0.6) is 0 Å². The highest BCUT2D eigenvalue weighted by Gasteiger charge is 2.42. The summed E-state index contributed by atoms with van der Waals surface area (Å²) < 4.78 is 29.2. The average Bonchev–Trinajstić information content (AvgIpc) is 3.40. The molecule has 7 nitrogen and oxygen atoms in total. The molecular formula is C22H21ClN2O5S3. The van der Waals surface area contributed by atoms with E-state index >= 15 is 0 Å². The SMILES string of the molecule is Cc1c(S(=O)(=O)N2CCSC2C(=O)N[C@@H](Cc2ccccc2)C(=O)O)sc2ccc(Cl)cc12. The van der Waals surface area contributed by atoms with Gasteiger partial charge in [0.05, 0.1) is 0 Å². The van der Waals surface area contributed by atoms with E-state index < -0.39 is 33.3 Å². The zero-order valence-electron chi connectivity index (χ0n) is 17.5. The molecule has 1 aromatic heterocycles. The molecule has 2 N–H and O–H groups in total. The number of carboxylic acid groups (broad SMARTS) is 1. The van der Waals surface area contributed by atoms with E-state index in [2.05, 4.69) is 5.32 Å². The molecule has 1 aliphatic heterocycles. The summed E-state index contributed by atoms with van der Waals surface area (Å²) in [6, 6.07) is 13.0. The fourth-order valence-electron chi connectivity index (χ4n) is 3.72. The topological polar surface area (TPSA) is 104 Å². The minimum atomic E-state index is -3.97. The lowest BCUT2D eigenvalue weighted by molar-refractivity contribution is -0.141. The Morgan fingerprint density at radius 3 is 2.67 bits per heavy atom. The third-order valence-electron chi connectivity index (χ3n) is 5.37. The minimum Gasteiger partial charge on any atom is -0.480 e. The van der Waals surface area contributed by atoms with E-state index in [1.807, 2.05) is 6.07 Å². The summed E-state index contributed by atoms with van der Waals surface area (Å²) in [5.74, 6) is -1.38. The highest BCUT2D eigenvalue weighted by atomic mass is 35.5. The van der Waals surface area contributed by atoms with E-state index in [0.717, 1.165) is 31.3 Å². The molecule has 0 aliphatic carbocycles. The molecule has 1 fully saturated rings. The lowest BCUT2D eigenvalue weighted by atomic mass is 10.1. The van der Waals surface area contributed by atoms with Crippen LogP contribution in [0.4, 0.5) is 0 Å². The molecule has 2 aromatic carbocycles. The Balaban J connectivity index is 1.58. The molecule has 174 valence electrons. The lowest BCUT2D eigenvalue weighted by Gasteiger charge is -2.24. The van der Waals surface area contributed by atoms with Gasteiger partial charge in [-0.15, -0.1) is 23.1 Å². The first-order chi connectivity index (χ1) is 15.7. The van der Waals surface area contributed by atoms with Crippen LogP contribution in [0.25, 0.3) is 10.1 Å². The van der Waals surface area contributed by atoms with Crippen molar-refractivity contribution in [3.8, 4) is 0 Å². The van der Waals surface area contributed by atoms with Gasteiger partial charge in [0.25, 0.3) is 10.0 Å². The summed E-state index contributed by atoms with van der Waals surface area (Å²) in [5, 5.41) is 12.4. The van der Waals surface area contributed by atoms with E-state index in [4.69, 9.17) is 11.6 Å². The summed E-state index contributed by atoms with van der Waals surface area (Å²) in [4.78, 5) is 24.8. The number of carbonyl (C=O) groups excluding carboxylic acids is 1. The van der Waals surface area contributed by atoms with Crippen molar-refractivity contribution in [3.63, 3.8) is 0 Å². The Morgan fingerprint density at radius 2 is 1.97 bits per heavy atom. The predicted molar refractivity (Wildman–Crippen MR) is 131 cm³/mol. The second-order valence-corrected chi connectivity index (χ2v) is 12.3. The van der Waals surface area contributed by atoms with Crippen molar-refractivity contribution in [1.29, 1.82) is 0 Å². The summed E-state index contributed by atoms with van der Waals surface area (Å²) in [6.07, 6.45) is 0.0994. The van der Waals surface area contributed by atoms with Gasteiger partial charge in [0.1, 0.15) is 15.6 Å². The highest BCUT2D eigenvalue weighted by Crippen LogP contribution is 2.39. The molecule has 33 heavy (non-hydrogen) atoms. The molecule has 0 radical (unpaired) electrons. The fraction of sp³-hybridized carbons (Fsp3) is 0.273. The smallest absolute Gasteiger partial charge is 0.326 e. The quantitative estimate of drug-likeness (QED) is 0.488. The van der Waals surface area contributed by atoms with Gasteiger partial charge in [-0.05, 0) is 41.6 Å². The molecule has 0 saturated carbocycles. The Hall–Kier alpha value is -2.11. The van der Waals surface area contributed by atoms with Gasteiger partial charge in [-0.2, -0.15) is 4.31 Å². The Morgan fingerprint density at radius 1 is 1.24 bits per heavy atom. The van der Waals surface area contributed by atoms with Crippen LogP contribution in [0.15, 0.2) is 52.7 Å². The van der Waals surface area contributed by atoms with E-state index in [-0.39, 0.29) is 17.2 Å². The van der Waals surface area contributed by atoms with Crippen LogP contribution < -0.4 is 5.32 Å². The van der Waals surface area contributed by atoms with Gasteiger partial charge in [-0.3, -0.25) is 4.79 Å². The Labute approximate surface area is 204 Å². The number of carbonyl (C=O) groups is 2. The number of nitrogens with zero attached hydrogens (tertiary/aromatic N) is 1. The molecule has 3 aromatic rings. The number of thiophene rings is 1. The second-order valence-electron chi connectivity index (χ2n) is 7.58. The molecule has 2 heterocycles. The Kier molecular flexibility index (Phi) is 7.01. The van der Waals surface area contributed by atoms with Crippen LogP contribution in [0.1, 0.15) is 11.1 Å². The number of fused-ring (bicyclic) bond motifs is 1. The molecule has 0 spiro atoms. The zero-order valence-corrected chi connectivity index (χ0v) is 20.7. The number of carboxylic acids is 1. The van der Waals surface area contributed by atoms with Crippen molar-refractivity contribution in [2.24, 2.45) is 0 Å². The normalized spacial score (nSPS) is 17.8. The van der Waals surface area contributed by atoms with Crippen LogP contribution in [-0.4, -0.2) is 53.4 Å². The maximum Gasteiger partial charge on any atom is 0.326 e. The van der Waals surface area contributed by atoms with Crippen molar-refractivity contribution < 1.29 is 23.1 Å². The minimum absolute atomic E-state index is 0.0994. The first kappa shape index (κ1) is 24.0. The number of thioether (sulfide) groups is 1. The first-order valence-electron chi connectivity index (χ1n) is 10.1. The number of sulfonamides is 1. The number of nitrogens with one attached hydrogen (secondary N) is 1. The maximum absolute atomic E-state index is 13.5. The van der Waals surface area contributed by atoms with Crippen LogP contribution in [0.2, 0.25) is 5.02 Å². The molecule has 1 aliphatic rings. The molecule has 1 unspecified atom stereocenters. The van der Waals surface area contributed by atoms with Crippen LogP contribution in [0, 0.1) is 6.92 Å². The largest absolute Gasteiger partial charge is 0.480 e. The highest BCUT2D eigenvalue weighted by molar-refractivity contribution is 8.02. The van der Waals surface area contributed by atoms with Crippen LogP contribution in [0.3, 0.4) is 0 Å². The van der Waals surface area contributed by atoms with E-state index in [1.165, 1.54) is 11.8 Å². The second kappa shape index (κ2) is 9.63. The molecular weight excluding hydrogens is 504 g/mol. The third kappa shape index (κ3) is 4.90. The van der Waals surface area contributed by atoms with E-state index in [9.17, 15) is 23.1 Å². The van der Waals surface area contributed by atoms with Crippen molar-refractivity contribution in [2.45, 2.75) is 29.0 Å². The third-order valence-corrected chi connectivity index (χ3v) is 10.7. The monoisotopic (exact) mass is 524 g/mol. The summed E-state index contributed by atoms with van der Waals surface area (Å²) in [5.41, 5.74) is 1.34. The molecule has 4 rings (SSSR count). The number of aryl methyl sites for hydroxylation is 1. The number of rotatable bonds is 7. The van der Waals surface area contributed by atoms with Crippen molar-refractivity contribution in [1.82, 2.24) is 9.62 Å². The summed E-state index contributed by atoms with van der Waals surface area (Å²) in [6.45, 7) is 1.89. The number of amides is 1. The lowest BCUT2D eigenvalue weighted by Crippen LogP contribution is -2.50. The van der Waals surface area contributed by atoms with Crippen molar-refractivity contribution in [2.75, 3.05) is 12.3 Å². The number of benzene rings is 2. The molecule has 2 atom stereocenters. The molecule has 1 saturated heterocycles. The Bertz CT molecular complexity index is 1310. The molecule has 1 amide bonds. The van der Waals surface area contributed by atoms with Crippen LogP contribution in [-0.2, 0) is 26.0 Å². The first-order valence-corrected chi connectivity index (χ1v) is 13.8. The van der Waals surface area contributed by atoms with Crippen molar-refractivity contribution in [3.05, 3.63) is 64.7 Å². The molecule has 0 bridgehead atoms. The average molecular weight is 525 g/mol. The maximum atomic E-state index is 13.5. The number of aliphatic carboxylic acids is 1.